The van der Waals surface area contributed by atoms with Crippen molar-refractivity contribution >= 4 is 17.8 Å². The van der Waals surface area contributed by atoms with Gasteiger partial charge in [0.15, 0.2) is 5.78 Å². The average Bonchev–Trinajstić information content (AvgIpc) is 2.77. The minimum atomic E-state index is -0.286. The fraction of sp³-hybridized carbons (Fsp3) is 0.600. The van der Waals surface area contributed by atoms with E-state index < -0.39 is 0 Å². The number of unbranched alkanes of at least 4 members (excludes halogenated alkanes) is 1. The summed E-state index contributed by atoms with van der Waals surface area (Å²) in [5.41, 5.74) is 2.91. The van der Waals surface area contributed by atoms with Crippen LogP contribution >= 0.6 is 0 Å². The summed E-state index contributed by atoms with van der Waals surface area (Å²) in [6, 6.07) is 5.68. The van der Waals surface area contributed by atoms with Crippen LogP contribution in [0.1, 0.15) is 102 Å². The number of nitrogens with zero attached hydrogens (tertiary/aromatic N) is 1. The van der Waals surface area contributed by atoms with Crippen LogP contribution in [0.5, 0.6) is 0 Å². The maximum absolute atomic E-state index is 13.2. The Morgan fingerprint density at radius 1 is 1.21 bits per heavy atom. The van der Waals surface area contributed by atoms with E-state index in [1.807, 2.05) is 37.4 Å². The molecule has 1 aliphatic heterocycles. The van der Waals surface area contributed by atoms with Crippen molar-refractivity contribution in [3.05, 3.63) is 52.7 Å². The highest BCUT2D eigenvalue weighted by atomic mass is 16.5. The summed E-state index contributed by atoms with van der Waals surface area (Å²) in [5.74, 6) is 0.140. The number of carbonyl (C=O) groups excluding carboxylic acids is 2. The lowest BCUT2D eigenvalue weighted by Gasteiger charge is -2.43. The lowest BCUT2D eigenvalue weighted by Crippen LogP contribution is -2.44. The summed E-state index contributed by atoms with van der Waals surface area (Å²) in [7, 11) is 0. The first kappa shape index (κ1) is 27.9. The molecule has 0 bridgehead atoms. The van der Waals surface area contributed by atoms with Gasteiger partial charge in [-0.3, -0.25) is 4.79 Å². The van der Waals surface area contributed by atoms with Gasteiger partial charge in [-0.1, -0.05) is 65.2 Å². The van der Waals surface area contributed by atoms with Crippen LogP contribution in [0, 0.1) is 18.3 Å². The number of ketones is 1. The molecule has 1 aromatic rings. The van der Waals surface area contributed by atoms with Crippen LogP contribution in [0.15, 0.2) is 36.0 Å². The lowest BCUT2D eigenvalue weighted by atomic mass is 9.76. The molecule has 1 aromatic carbocycles. The van der Waals surface area contributed by atoms with Gasteiger partial charge < -0.3 is 9.64 Å². The van der Waals surface area contributed by atoms with Crippen LogP contribution < -0.4 is 0 Å². The van der Waals surface area contributed by atoms with Crippen molar-refractivity contribution < 1.29 is 14.3 Å². The molecular weight excluding hydrogens is 422 g/mol. The molecule has 1 heterocycles. The fourth-order valence-electron chi connectivity index (χ4n) is 4.25. The Morgan fingerprint density at radius 2 is 1.91 bits per heavy atom. The smallest absolute Gasteiger partial charge is 0.338 e. The van der Waals surface area contributed by atoms with Crippen molar-refractivity contribution in [1.29, 1.82) is 0 Å². The fourth-order valence-corrected chi connectivity index (χ4v) is 4.25. The van der Waals surface area contributed by atoms with Crippen molar-refractivity contribution in [3.8, 4) is 0 Å². The van der Waals surface area contributed by atoms with E-state index in [-0.39, 0.29) is 22.7 Å². The highest BCUT2D eigenvalue weighted by Gasteiger charge is 2.34. The Balaban J connectivity index is 2.16. The van der Waals surface area contributed by atoms with Gasteiger partial charge in [-0.15, -0.1) is 0 Å². The van der Waals surface area contributed by atoms with Crippen molar-refractivity contribution in [2.45, 2.75) is 93.0 Å². The molecule has 0 aliphatic carbocycles. The van der Waals surface area contributed by atoms with Crippen LogP contribution in [0.2, 0.25) is 0 Å². The predicted molar refractivity (Wildman–Crippen MR) is 142 cm³/mol. The number of hydrogen-bond acceptors (Lipinski definition) is 4. The third kappa shape index (κ3) is 7.58. The maximum atomic E-state index is 13.2. The summed E-state index contributed by atoms with van der Waals surface area (Å²) in [4.78, 5) is 28.2. The second-order valence-electron chi connectivity index (χ2n) is 11.3. The third-order valence-corrected chi connectivity index (χ3v) is 7.02. The van der Waals surface area contributed by atoms with Gasteiger partial charge in [0, 0.05) is 23.9 Å². The zero-order chi connectivity index (χ0) is 25.5. The van der Waals surface area contributed by atoms with E-state index in [4.69, 9.17) is 4.74 Å². The van der Waals surface area contributed by atoms with E-state index in [0.29, 0.717) is 18.1 Å². The van der Waals surface area contributed by atoms with Gasteiger partial charge in [-0.2, -0.15) is 0 Å². The Morgan fingerprint density at radius 3 is 2.53 bits per heavy atom. The second-order valence-corrected chi connectivity index (χ2v) is 11.3. The van der Waals surface area contributed by atoms with Gasteiger partial charge in [-0.25, -0.2) is 4.79 Å². The standard InChI is InChI=1S/C30H45NO3/c1-9-11-12-23(10-2)21-34-28(33)25-19-24(14-13-22(25)3)15-16-27(32)26-20-31(29(4,5)6)18-17-30(26,7)8/h13-16,19-20,23H,9-12,17-18,21H2,1-8H3/b16-15+. The molecule has 2 rings (SSSR count). The average molecular weight is 468 g/mol. The number of benzene rings is 1. The number of esters is 1. The molecule has 4 nitrogen and oxygen atoms in total. The van der Waals surface area contributed by atoms with Crippen LogP contribution in [0.3, 0.4) is 0 Å². The largest absolute Gasteiger partial charge is 0.462 e. The molecule has 34 heavy (non-hydrogen) atoms. The predicted octanol–water partition coefficient (Wildman–Crippen LogP) is 7.36. The van der Waals surface area contributed by atoms with Crippen LogP contribution in [0.25, 0.3) is 6.08 Å². The normalized spacial score (nSPS) is 16.9. The molecule has 1 atom stereocenters. The highest BCUT2D eigenvalue weighted by Crippen LogP contribution is 2.37. The van der Waals surface area contributed by atoms with E-state index in [9.17, 15) is 9.59 Å². The zero-order valence-electron chi connectivity index (χ0n) is 22.7. The summed E-state index contributed by atoms with van der Waals surface area (Å²) in [5, 5.41) is 0. The second kappa shape index (κ2) is 11.9. The number of hydrogen-bond donors (Lipinski definition) is 0. The first-order valence-corrected chi connectivity index (χ1v) is 12.9. The molecule has 0 radical (unpaired) electrons. The quantitative estimate of drug-likeness (QED) is 0.266. The Bertz CT molecular complexity index is 917. The van der Waals surface area contributed by atoms with E-state index >= 15 is 0 Å². The molecule has 188 valence electrons. The van der Waals surface area contributed by atoms with Crippen molar-refractivity contribution in [3.63, 3.8) is 0 Å². The third-order valence-electron chi connectivity index (χ3n) is 7.02. The summed E-state index contributed by atoms with van der Waals surface area (Å²) in [6.45, 7) is 18.4. The SMILES string of the molecule is CCCCC(CC)COC(=O)c1cc(/C=C/C(=O)C2=CN(C(C)(C)C)CCC2(C)C)ccc1C. The first-order chi connectivity index (χ1) is 15.9. The van der Waals surface area contributed by atoms with Gasteiger partial charge in [0.25, 0.3) is 0 Å². The summed E-state index contributed by atoms with van der Waals surface area (Å²) in [6.07, 6.45) is 10.8. The topological polar surface area (TPSA) is 46.6 Å². The van der Waals surface area contributed by atoms with E-state index in [0.717, 1.165) is 55.3 Å². The Labute approximate surface area is 207 Å². The molecule has 4 heteroatoms. The monoisotopic (exact) mass is 467 g/mol. The van der Waals surface area contributed by atoms with Crippen LogP contribution in [0.4, 0.5) is 0 Å². The minimum absolute atomic E-state index is 0.0189. The van der Waals surface area contributed by atoms with Crippen LogP contribution in [-0.2, 0) is 9.53 Å². The number of rotatable bonds is 10. The molecule has 0 N–H and O–H groups in total. The molecule has 1 aliphatic rings. The highest BCUT2D eigenvalue weighted by molar-refractivity contribution is 6.07. The number of ether oxygens (including phenoxy) is 1. The summed E-state index contributed by atoms with van der Waals surface area (Å²) >= 11 is 0. The van der Waals surface area contributed by atoms with Gasteiger partial charge in [-0.05, 0) is 75.1 Å². The first-order valence-electron chi connectivity index (χ1n) is 12.9. The minimum Gasteiger partial charge on any atom is -0.462 e. The molecule has 0 saturated heterocycles. The Hall–Kier alpha value is -2.36. The number of allylic oxidation sites excluding steroid dienone is 2. The Kier molecular flexibility index (Phi) is 9.73. The van der Waals surface area contributed by atoms with Crippen LogP contribution in [-0.4, -0.2) is 35.3 Å². The van der Waals surface area contributed by atoms with Gasteiger partial charge >= 0.3 is 5.97 Å². The van der Waals surface area contributed by atoms with Gasteiger partial charge in [0.2, 0.25) is 0 Å². The molecule has 1 unspecified atom stereocenters. The van der Waals surface area contributed by atoms with Crippen molar-refractivity contribution in [2.75, 3.05) is 13.2 Å². The molecular formula is C30H45NO3. The van der Waals surface area contributed by atoms with E-state index in [1.165, 1.54) is 0 Å². The molecule has 0 saturated carbocycles. The number of aryl methyl sites for hydroxylation is 1. The zero-order valence-corrected chi connectivity index (χ0v) is 22.7. The van der Waals surface area contributed by atoms with E-state index in [1.54, 1.807) is 6.08 Å². The molecule has 0 amide bonds. The summed E-state index contributed by atoms with van der Waals surface area (Å²) < 4.78 is 5.66. The van der Waals surface area contributed by atoms with Crippen molar-refractivity contribution in [1.82, 2.24) is 4.90 Å². The molecule has 0 aromatic heterocycles. The van der Waals surface area contributed by atoms with Gasteiger partial charge in [0.05, 0.1) is 12.2 Å². The number of carbonyl (C=O) groups is 2. The van der Waals surface area contributed by atoms with Gasteiger partial charge in [0.1, 0.15) is 0 Å². The maximum Gasteiger partial charge on any atom is 0.338 e. The lowest BCUT2D eigenvalue weighted by molar-refractivity contribution is -0.112. The van der Waals surface area contributed by atoms with Crippen molar-refractivity contribution in [2.24, 2.45) is 11.3 Å². The molecule has 0 fully saturated rings. The molecule has 0 spiro atoms. The van der Waals surface area contributed by atoms with E-state index in [2.05, 4.69) is 53.4 Å².